The van der Waals surface area contributed by atoms with Crippen molar-refractivity contribution in [3.8, 4) is 0 Å². The van der Waals surface area contributed by atoms with Crippen LogP contribution in [0.25, 0.3) is 0 Å². The highest BCUT2D eigenvalue weighted by atomic mass is 16.1. The summed E-state index contributed by atoms with van der Waals surface area (Å²) in [6.07, 6.45) is 2.76. The monoisotopic (exact) mass is 262 g/mol. The van der Waals surface area contributed by atoms with Gasteiger partial charge in [-0.3, -0.25) is 4.79 Å². The normalized spacial score (nSPS) is 13.8. The third kappa shape index (κ3) is 6.27. The summed E-state index contributed by atoms with van der Waals surface area (Å²) >= 11 is 0. The Morgan fingerprint density at radius 3 is 2.63 bits per heavy atom. The molecule has 2 atom stereocenters. The van der Waals surface area contributed by atoms with Gasteiger partial charge >= 0.3 is 0 Å². The summed E-state index contributed by atoms with van der Waals surface area (Å²) in [7, 11) is 0. The van der Waals surface area contributed by atoms with Gasteiger partial charge in [0.2, 0.25) is 0 Å². The van der Waals surface area contributed by atoms with Crippen LogP contribution in [0.4, 0.5) is 0 Å². The van der Waals surface area contributed by atoms with E-state index < -0.39 is 6.04 Å². The minimum absolute atomic E-state index is 0.0625. The Balaban J connectivity index is 2.26. The zero-order valence-corrected chi connectivity index (χ0v) is 11.3. The molecule has 19 heavy (non-hydrogen) atoms. The van der Waals surface area contributed by atoms with Gasteiger partial charge in [0.25, 0.3) is 0 Å². The number of Topliss-reactive ketones (excluding diaryl/α,β-unsaturated/α-hetero) is 1. The van der Waals surface area contributed by atoms with Crippen LogP contribution in [0.1, 0.15) is 25.3 Å². The zero-order chi connectivity index (χ0) is 14.1. The number of carbonyl (C=O) groups is 2. The minimum Gasteiger partial charge on any atom is -0.322 e. The molecule has 1 rings (SSSR count). The van der Waals surface area contributed by atoms with Gasteiger partial charge in [-0.15, -0.1) is 0 Å². The minimum atomic E-state index is -0.397. The molecule has 0 unspecified atom stereocenters. The van der Waals surface area contributed by atoms with Crippen molar-refractivity contribution in [1.29, 1.82) is 0 Å². The van der Waals surface area contributed by atoms with E-state index in [9.17, 15) is 9.59 Å². The summed E-state index contributed by atoms with van der Waals surface area (Å²) < 4.78 is 0. The standard InChI is InChI=1S/C15H22N2O2/c1-12(16)15(19)8-5-9-17-14(11-18)10-13-6-3-2-4-7-13/h2-4,6-7,11-12,14,17H,5,8-10,16H2,1H3/t12-,14-/m0/s1. The number of benzene rings is 1. The topological polar surface area (TPSA) is 72.2 Å². The number of nitrogens with two attached hydrogens (primary N) is 1. The molecule has 0 heterocycles. The molecule has 0 aliphatic rings. The van der Waals surface area contributed by atoms with Crippen molar-refractivity contribution < 1.29 is 9.59 Å². The second-order valence-corrected chi connectivity index (χ2v) is 4.74. The van der Waals surface area contributed by atoms with Crippen molar-refractivity contribution in [2.75, 3.05) is 6.54 Å². The second kappa shape index (κ2) is 8.56. The zero-order valence-electron chi connectivity index (χ0n) is 11.3. The van der Waals surface area contributed by atoms with E-state index in [0.717, 1.165) is 11.8 Å². The summed E-state index contributed by atoms with van der Waals surface area (Å²) in [5.74, 6) is 0.0625. The molecule has 0 aliphatic heterocycles. The van der Waals surface area contributed by atoms with E-state index >= 15 is 0 Å². The van der Waals surface area contributed by atoms with Gasteiger partial charge in [0.1, 0.15) is 12.1 Å². The van der Waals surface area contributed by atoms with E-state index in [4.69, 9.17) is 5.73 Å². The molecule has 3 N–H and O–H groups in total. The van der Waals surface area contributed by atoms with E-state index in [-0.39, 0.29) is 11.8 Å². The van der Waals surface area contributed by atoms with E-state index in [2.05, 4.69) is 5.32 Å². The lowest BCUT2D eigenvalue weighted by Crippen LogP contribution is -2.34. The van der Waals surface area contributed by atoms with E-state index in [1.165, 1.54) is 0 Å². The molecule has 4 heteroatoms. The first-order valence-corrected chi connectivity index (χ1v) is 6.64. The summed E-state index contributed by atoms with van der Waals surface area (Å²) in [6.45, 7) is 2.34. The van der Waals surface area contributed by atoms with Crippen LogP contribution in [0.3, 0.4) is 0 Å². The van der Waals surface area contributed by atoms with E-state index in [0.29, 0.717) is 25.8 Å². The third-order valence-corrected chi connectivity index (χ3v) is 2.98. The fraction of sp³-hybridized carbons (Fsp3) is 0.467. The molecular weight excluding hydrogens is 240 g/mol. The molecular formula is C15H22N2O2. The maximum atomic E-state index is 11.3. The van der Waals surface area contributed by atoms with Gasteiger partial charge in [0.05, 0.1) is 12.1 Å². The Labute approximate surface area is 114 Å². The lowest BCUT2D eigenvalue weighted by atomic mass is 10.1. The van der Waals surface area contributed by atoms with Gasteiger partial charge < -0.3 is 15.8 Å². The van der Waals surface area contributed by atoms with Crippen LogP contribution in [0, 0.1) is 0 Å². The number of carbonyl (C=O) groups excluding carboxylic acids is 2. The van der Waals surface area contributed by atoms with Crippen molar-refractivity contribution >= 4 is 12.1 Å². The first kappa shape index (κ1) is 15.5. The van der Waals surface area contributed by atoms with Crippen molar-refractivity contribution in [2.24, 2.45) is 5.73 Å². The van der Waals surface area contributed by atoms with Crippen molar-refractivity contribution in [2.45, 2.75) is 38.3 Å². The maximum absolute atomic E-state index is 11.3. The summed E-state index contributed by atoms with van der Waals surface area (Å²) in [5.41, 5.74) is 6.60. The molecule has 0 radical (unpaired) electrons. The van der Waals surface area contributed by atoms with E-state index in [1.54, 1.807) is 6.92 Å². The number of hydrogen-bond acceptors (Lipinski definition) is 4. The van der Waals surface area contributed by atoms with Gasteiger partial charge in [-0.1, -0.05) is 30.3 Å². The summed E-state index contributed by atoms with van der Waals surface area (Å²) in [4.78, 5) is 22.3. The molecule has 0 aromatic heterocycles. The molecule has 0 amide bonds. The fourth-order valence-electron chi connectivity index (χ4n) is 1.81. The summed E-state index contributed by atoms with van der Waals surface area (Å²) in [5, 5.41) is 3.15. The van der Waals surface area contributed by atoms with Gasteiger partial charge in [-0.2, -0.15) is 0 Å². The van der Waals surface area contributed by atoms with Crippen LogP contribution >= 0.6 is 0 Å². The highest BCUT2D eigenvalue weighted by molar-refractivity contribution is 5.83. The molecule has 1 aromatic rings. The van der Waals surface area contributed by atoms with Crippen LogP contribution in [-0.4, -0.2) is 30.7 Å². The van der Waals surface area contributed by atoms with Crippen molar-refractivity contribution in [3.63, 3.8) is 0 Å². The molecule has 0 spiro atoms. The first-order chi connectivity index (χ1) is 9.13. The quantitative estimate of drug-likeness (QED) is 0.516. The largest absolute Gasteiger partial charge is 0.322 e. The second-order valence-electron chi connectivity index (χ2n) is 4.74. The van der Waals surface area contributed by atoms with Gasteiger partial charge in [0, 0.05) is 6.42 Å². The Hall–Kier alpha value is -1.52. The van der Waals surface area contributed by atoms with Crippen LogP contribution < -0.4 is 11.1 Å². The van der Waals surface area contributed by atoms with Gasteiger partial charge in [0.15, 0.2) is 0 Å². The predicted molar refractivity (Wildman–Crippen MR) is 75.9 cm³/mol. The highest BCUT2D eigenvalue weighted by Gasteiger charge is 2.09. The Morgan fingerprint density at radius 2 is 2.05 bits per heavy atom. The Morgan fingerprint density at radius 1 is 1.37 bits per heavy atom. The highest BCUT2D eigenvalue weighted by Crippen LogP contribution is 2.02. The Kier molecular flexibility index (Phi) is 7.00. The molecule has 104 valence electrons. The molecule has 4 nitrogen and oxygen atoms in total. The van der Waals surface area contributed by atoms with Crippen molar-refractivity contribution in [3.05, 3.63) is 35.9 Å². The molecule has 0 saturated carbocycles. The molecule has 0 fully saturated rings. The molecule has 0 aliphatic carbocycles. The number of rotatable bonds is 9. The molecule has 0 bridgehead atoms. The summed E-state index contributed by atoms with van der Waals surface area (Å²) in [6, 6.07) is 9.26. The first-order valence-electron chi connectivity index (χ1n) is 6.64. The average Bonchev–Trinajstić information content (AvgIpc) is 2.42. The number of nitrogens with one attached hydrogen (secondary N) is 1. The van der Waals surface area contributed by atoms with Gasteiger partial charge in [-0.05, 0) is 31.9 Å². The number of hydrogen-bond donors (Lipinski definition) is 2. The fourth-order valence-corrected chi connectivity index (χ4v) is 1.81. The lowest BCUT2D eigenvalue weighted by molar-refractivity contribution is -0.120. The van der Waals surface area contributed by atoms with E-state index in [1.807, 2.05) is 30.3 Å². The predicted octanol–water partition coefficient (Wildman–Crippen LogP) is 1.08. The SMILES string of the molecule is C[C@H](N)C(=O)CCCN[C@H](C=O)Cc1ccccc1. The van der Waals surface area contributed by atoms with Crippen LogP contribution in [0.5, 0.6) is 0 Å². The van der Waals surface area contributed by atoms with Crippen LogP contribution in [-0.2, 0) is 16.0 Å². The average molecular weight is 262 g/mol. The van der Waals surface area contributed by atoms with Crippen molar-refractivity contribution in [1.82, 2.24) is 5.32 Å². The van der Waals surface area contributed by atoms with Gasteiger partial charge in [-0.25, -0.2) is 0 Å². The molecule has 0 saturated heterocycles. The van der Waals surface area contributed by atoms with Crippen LogP contribution in [0.15, 0.2) is 30.3 Å². The molecule has 1 aromatic carbocycles. The number of aldehydes is 1. The Bertz CT molecular complexity index is 390. The smallest absolute Gasteiger partial charge is 0.149 e. The maximum Gasteiger partial charge on any atom is 0.149 e. The van der Waals surface area contributed by atoms with Crippen LogP contribution in [0.2, 0.25) is 0 Å². The lowest BCUT2D eigenvalue weighted by Gasteiger charge is -2.12. The number of ketones is 1. The third-order valence-electron chi connectivity index (χ3n) is 2.98.